The summed E-state index contributed by atoms with van der Waals surface area (Å²) in [6.45, 7) is 0. The molecule has 6 aromatic rings. The number of amides is 1. The van der Waals surface area contributed by atoms with Crippen molar-refractivity contribution in [2.45, 2.75) is 17.4 Å². The minimum absolute atomic E-state index is 0. The number of primary sulfonamides is 1. The first-order valence-electron chi connectivity index (χ1n) is 13.4. The highest BCUT2D eigenvalue weighted by atomic mass is 35.5. The van der Waals surface area contributed by atoms with Gasteiger partial charge in [0, 0.05) is 46.5 Å². The molecule has 0 bridgehead atoms. The summed E-state index contributed by atoms with van der Waals surface area (Å²) in [6.07, 6.45) is 2.16. The van der Waals surface area contributed by atoms with Crippen molar-refractivity contribution >= 4 is 72.4 Å². The fraction of sp³-hybridized carbons (Fsp3) is 0.161. The van der Waals surface area contributed by atoms with E-state index < -0.39 is 16.1 Å². The lowest BCUT2D eigenvalue weighted by Crippen LogP contribution is -2.43. The van der Waals surface area contributed by atoms with Crippen molar-refractivity contribution in [3.8, 4) is 11.8 Å². The molecule has 0 unspecified atom stereocenters. The molecule has 6 rings (SSSR count). The van der Waals surface area contributed by atoms with Gasteiger partial charge >= 0.3 is 0 Å². The Balaban J connectivity index is 0.00000384. The molecule has 0 aliphatic heterocycles. The average Bonchev–Trinajstić information content (AvgIpc) is 3.54. The van der Waals surface area contributed by atoms with Crippen LogP contribution in [0.25, 0.3) is 32.7 Å². The van der Waals surface area contributed by atoms with Crippen LogP contribution in [0.1, 0.15) is 5.56 Å². The van der Waals surface area contributed by atoms with E-state index in [4.69, 9.17) is 20.3 Å². The van der Waals surface area contributed by atoms with Gasteiger partial charge in [0.05, 0.1) is 36.4 Å². The Morgan fingerprint density at radius 1 is 0.977 bits per heavy atom. The van der Waals surface area contributed by atoms with Crippen LogP contribution in [0.4, 0.5) is 11.4 Å². The SMILES string of the molecule is COc1ccc(N(C(=O)[C@@H](N)Cc2c[nH]c3ccccc23)c2ccc3c4cc(S(N)(=O)=O)ccc4n(C)c3c2)c(OC)n1.Cl. The number of aryl methyl sites for hydroxylation is 1. The summed E-state index contributed by atoms with van der Waals surface area (Å²) in [7, 11) is 0.945. The first-order valence-corrected chi connectivity index (χ1v) is 14.9. The molecule has 228 valence electrons. The van der Waals surface area contributed by atoms with E-state index in [1.54, 1.807) is 30.3 Å². The average molecular weight is 635 g/mol. The van der Waals surface area contributed by atoms with E-state index in [-0.39, 0.29) is 35.5 Å². The third-order valence-electron chi connectivity index (χ3n) is 7.66. The minimum atomic E-state index is -3.89. The smallest absolute Gasteiger partial charge is 0.248 e. The van der Waals surface area contributed by atoms with Gasteiger partial charge in [0.1, 0.15) is 5.69 Å². The molecule has 5 N–H and O–H groups in total. The maximum atomic E-state index is 14.3. The Bertz CT molecular complexity index is 2140. The summed E-state index contributed by atoms with van der Waals surface area (Å²) in [5.41, 5.74) is 11.0. The number of nitrogens with one attached hydrogen (secondary N) is 1. The molecule has 0 spiro atoms. The maximum Gasteiger partial charge on any atom is 0.248 e. The van der Waals surface area contributed by atoms with Crippen LogP contribution in [0.3, 0.4) is 0 Å². The number of ether oxygens (including phenoxy) is 2. The van der Waals surface area contributed by atoms with E-state index in [1.807, 2.05) is 54.2 Å². The molecule has 3 aromatic heterocycles. The number of aromatic nitrogens is 3. The number of fused-ring (bicyclic) bond motifs is 4. The van der Waals surface area contributed by atoms with E-state index in [1.165, 1.54) is 25.2 Å². The number of halogens is 1. The lowest BCUT2D eigenvalue weighted by atomic mass is 10.0. The molecule has 0 fully saturated rings. The number of anilines is 2. The second-order valence-corrected chi connectivity index (χ2v) is 11.8. The third kappa shape index (κ3) is 5.33. The topological polar surface area (TPSA) is 159 Å². The van der Waals surface area contributed by atoms with Gasteiger partial charge in [0.25, 0.3) is 0 Å². The van der Waals surface area contributed by atoms with Crippen LogP contribution in [0, 0.1) is 0 Å². The van der Waals surface area contributed by atoms with E-state index in [0.717, 1.165) is 32.9 Å². The van der Waals surface area contributed by atoms with Gasteiger partial charge in [-0.15, -0.1) is 12.4 Å². The van der Waals surface area contributed by atoms with Crippen LogP contribution in [0.5, 0.6) is 11.8 Å². The van der Waals surface area contributed by atoms with Gasteiger partial charge in [-0.3, -0.25) is 9.69 Å². The number of aromatic amines is 1. The number of H-pyrrole nitrogens is 1. The van der Waals surface area contributed by atoms with Gasteiger partial charge in [-0.1, -0.05) is 24.3 Å². The highest BCUT2D eigenvalue weighted by Gasteiger charge is 2.29. The van der Waals surface area contributed by atoms with Crippen molar-refractivity contribution in [3.05, 3.63) is 84.6 Å². The quantitative estimate of drug-likeness (QED) is 0.222. The molecule has 3 aromatic carbocycles. The third-order valence-corrected chi connectivity index (χ3v) is 8.57. The lowest BCUT2D eigenvalue weighted by Gasteiger charge is -2.27. The predicted octanol–water partition coefficient (Wildman–Crippen LogP) is 4.53. The molecule has 3 heterocycles. The van der Waals surface area contributed by atoms with Crippen LogP contribution in [-0.4, -0.2) is 49.1 Å². The Hall–Kier alpha value is -4.62. The van der Waals surface area contributed by atoms with Gasteiger partial charge in [-0.25, -0.2) is 13.6 Å². The summed E-state index contributed by atoms with van der Waals surface area (Å²) >= 11 is 0. The van der Waals surface area contributed by atoms with Crippen molar-refractivity contribution < 1.29 is 22.7 Å². The molecule has 0 radical (unpaired) electrons. The van der Waals surface area contributed by atoms with E-state index in [2.05, 4.69) is 9.97 Å². The second kappa shape index (κ2) is 11.8. The molecular weight excluding hydrogens is 604 g/mol. The van der Waals surface area contributed by atoms with Crippen LogP contribution < -0.4 is 25.2 Å². The van der Waals surface area contributed by atoms with Gasteiger partial charge in [-0.05, 0) is 54.4 Å². The van der Waals surface area contributed by atoms with Crippen molar-refractivity contribution in [1.29, 1.82) is 0 Å². The van der Waals surface area contributed by atoms with Crippen LogP contribution in [-0.2, 0) is 28.3 Å². The molecule has 0 aliphatic rings. The Morgan fingerprint density at radius 2 is 1.75 bits per heavy atom. The molecule has 1 atom stereocenters. The number of methoxy groups -OCH3 is 2. The van der Waals surface area contributed by atoms with E-state index >= 15 is 0 Å². The second-order valence-electron chi connectivity index (χ2n) is 10.2. The predicted molar refractivity (Wildman–Crippen MR) is 174 cm³/mol. The summed E-state index contributed by atoms with van der Waals surface area (Å²) in [6, 6.07) is 20.5. The Labute approximate surface area is 259 Å². The van der Waals surface area contributed by atoms with Gasteiger partial charge in [0.15, 0.2) is 0 Å². The normalized spacial score (nSPS) is 12.3. The fourth-order valence-corrected chi connectivity index (χ4v) is 6.06. The van der Waals surface area contributed by atoms with Crippen molar-refractivity contribution in [2.75, 3.05) is 19.1 Å². The maximum absolute atomic E-state index is 14.3. The number of rotatable bonds is 8. The monoisotopic (exact) mass is 634 g/mol. The summed E-state index contributed by atoms with van der Waals surface area (Å²) in [4.78, 5) is 23.4. The first kappa shape index (κ1) is 30.8. The fourth-order valence-electron chi connectivity index (χ4n) is 5.52. The molecule has 1 amide bonds. The van der Waals surface area contributed by atoms with Crippen molar-refractivity contribution in [2.24, 2.45) is 17.9 Å². The number of hydrogen-bond acceptors (Lipinski definition) is 7. The number of nitrogens with two attached hydrogens (primary N) is 2. The number of para-hydroxylation sites is 1. The van der Waals surface area contributed by atoms with E-state index in [0.29, 0.717) is 22.6 Å². The number of carbonyl (C=O) groups is 1. The molecule has 11 nitrogen and oxygen atoms in total. The first-order chi connectivity index (χ1) is 20.6. The number of hydrogen-bond donors (Lipinski definition) is 3. The highest BCUT2D eigenvalue weighted by Crippen LogP contribution is 2.38. The highest BCUT2D eigenvalue weighted by molar-refractivity contribution is 7.89. The number of pyridine rings is 1. The van der Waals surface area contributed by atoms with Gasteiger partial charge in [-0.2, -0.15) is 4.98 Å². The lowest BCUT2D eigenvalue weighted by molar-refractivity contribution is -0.119. The number of nitrogens with zero attached hydrogens (tertiary/aromatic N) is 3. The standard InChI is InChI=1S/C31H30N6O5S.ClH/c1-36-26-11-9-20(43(33,39)40)16-23(26)22-10-8-19(15-28(22)36)37(27-12-13-29(41-2)35-30(27)42-3)31(38)24(32)14-18-17-34-25-7-5-4-6-21(18)25;/h4-13,15-17,24,34H,14,32H2,1-3H3,(H2,33,39,40);1H/t24-;/m0./s1. The zero-order valence-corrected chi connectivity index (χ0v) is 25.8. The molecular formula is C31H31ClN6O5S. The largest absolute Gasteiger partial charge is 0.481 e. The Morgan fingerprint density at radius 3 is 2.48 bits per heavy atom. The molecule has 0 aliphatic carbocycles. The minimum Gasteiger partial charge on any atom is -0.481 e. The van der Waals surface area contributed by atoms with Crippen molar-refractivity contribution in [3.63, 3.8) is 0 Å². The Kier molecular flexibility index (Phi) is 8.28. The van der Waals surface area contributed by atoms with Crippen molar-refractivity contribution in [1.82, 2.24) is 14.5 Å². The number of carbonyl (C=O) groups excluding carboxylic acids is 1. The van der Waals surface area contributed by atoms with Gasteiger partial charge < -0.3 is 24.8 Å². The molecule has 0 saturated carbocycles. The zero-order chi connectivity index (χ0) is 30.5. The van der Waals surface area contributed by atoms with Gasteiger partial charge in [0.2, 0.25) is 27.7 Å². The van der Waals surface area contributed by atoms with Crippen LogP contribution in [0.15, 0.2) is 83.9 Å². The summed E-state index contributed by atoms with van der Waals surface area (Å²) < 4.78 is 36.9. The molecule has 13 heteroatoms. The summed E-state index contributed by atoms with van der Waals surface area (Å²) in [5.74, 6) is 0.137. The summed E-state index contributed by atoms with van der Waals surface area (Å²) in [5, 5.41) is 7.90. The molecule has 44 heavy (non-hydrogen) atoms. The van der Waals surface area contributed by atoms with Crippen LogP contribution in [0.2, 0.25) is 0 Å². The number of sulfonamides is 1. The van der Waals surface area contributed by atoms with E-state index in [9.17, 15) is 13.2 Å². The zero-order valence-electron chi connectivity index (χ0n) is 24.1. The van der Waals surface area contributed by atoms with Crippen LogP contribution >= 0.6 is 12.4 Å². The number of benzene rings is 3. The molecule has 0 saturated heterocycles.